The summed E-state index contributed by atoms with van der Waals surface area (Å²) in [5, 5.41) is 20.6. The number of aromatic carboxylic acids is 2. The predicted octanol–water partition coefficient (Wildman–Crippen LogP) is -0.784. The molecule has 0 aliphatic heterocycles. The van der Waals surface area contributed by atoms with Crippen LogP contribution >= 0.6 is 0 Å². The Morgan fingerprint density at radius 1 is 0.815 bits per heavy atom. The Kier molecular flexibility index (Phi) is 26.5. The number of hydrogen-bond acceptors (Lipinski definition) is 5. The first-order valence-corrected chi connectivity index (χ1v) is 9.67. The number of unbranched alkanes of at least 4 members (excludes halogenated alkanes) is 3. The van der Waals surface area contributed by atoms with Gasteiger partial charge in [-0.25, -0.2) is 0 Å². The van der Waals surface area contributed by atoms with Gasteiger partial charge in [-0.15, -0.1) is 0 Å². The molecule has 7 heteroatoms. The third-order valence-corrected chi connectivity index (χ3v) is 3.13. The molecule has 0 atom stereocenters. The van der Waals surface area contributed by atoms with Crippen molar-refractivity contribution in [3.8, 4) is 0 Å². The normalized spacial score (nSPS) is 8.81. The number of nitrogens with two attached hydrogens (primary N) is 1. The topological polar surface area (TPSA) is 162 Å². The molecule has 0 aromatic heterocycles. The highest BCUT2D eigenvalue weighted by molar-refractivity contribution is 5.99. The zero-order valence-corrected chi connectivity index (χ0v) is 17.3. The van der Waals surface area contributed by atoms with Crippen molar-refractivity contribution >= 4 is 11.9 Å². The summed E-state index contributed by atoms with van der Waals surface area (Å²) >= 11 is 0. The van der Waals surface area contributed by atoms with Crippen LogP contribution in [-0.4, -0.2) is 31.6 Å². The molecule has 0 aliphatic carbocycles. The van der Waals surface area contributed by atoms with Crippen molar-refractivity contribution in [2.45, 2.75) is 59.3 Å². The van der Waals surface area contributed by atoms with Gasteiger partial charge in [0.2, 0.25) is 0 Å². The third kappa shape index (κ3) is 22.0. The molecule has 0 aliphatic rings. The Hall–Kier alpha value is -1.96. The number of hydrogen-bond donors (Lipinski definition) is 3. The van der Waals surface area contributed by atoms with Crippen molar-refractivity contribution in [3.05, 3.63) is 35.4 Å². The van der Waals surface area contributed by atoms with E-state index < -0.39 is 11.9 Å². The predicted molar refractivity (Wildman–Crippen MR) is 104 cm³/mol. The van der Waals surface area contributed by atoms with E-state index in [4.69, 9.17) is 5.73 Å². The lowest BCUT2D eigenvalue weighted by Crippen LogP contribution is -2.49. The number of benzene rings is 1. The van der Waals surface area contributed by atoms with Crippen molar-refractivity contribution in [2.75, 3.05) is 19.6 Å². The van der Waals surface area contributed by atoms with Gasteiger partial charge in [-0.05, 0) is 25.8 Å². The molecule has 0 saturated heterocycles. The van der Waals surface area contributed by atoms with Gasteiger partial charge in [0.15, 0.2) is 0 Å². The molecule has 8 N–H and O–H groups in total. The van der Waals surface area contributed by atoms with Crippen LogP contribution in [0.25, 0.3) is 0 Å². The molecule has 0 amide bonds. The first-order chi connectivity index (χ1) is 12.9. The summed E-state index contributed by atoms with van der Waals surface area (Å²) in [7, 11) is 0. The summed E-state index contributed by atoms with van der Waals surface area (Å²) < 4.78 is 0. The molecule has 27 heavy (non-hydrogen) atoms. The fraction of sp³-hybridized carbons (Fsp3) is 0.600. The fourth-order valence-corrected chi connectivity index (χ4v) is 1.54. The molecule has 0 heterocycles. The molecular formula is C20H39N3O4. The Morgan fingerprint density at radius 3 is 1.26 bits per heavy atom. The van der Waals surface area contributed by atoms with Crippen molar-refractivity contribution in [1.29, 1.82) is 0 Å². The maximum atomic E-state index is 10.3. The average molecular weight is 386 g/mol. The Bertz CT molecular complexity index is 415. The third-order valence-electron chi connectivity index (χ3n) is 3.13. The van der Waals surface area contributed by atoms with Gasteiger partial charge in [0.25, 0.3) is 0 Å². The van der Waals surface area contributed by atoms with Gasteiger partial charge in [-0.1, -0.05) is 64.3 Å². The molecule has 0 spiro atoms. The minimum Gasteiger partial charge on any atom is -0.545 e. The summed E-state index contributed by atoms with van der Waals surface area (Å²) in [6.07, 6.45) is 7.50. The number of carboxylic acids is 2. The Balaban J connectivity index is -0.000000323. The lowest BCUT2D eigenvalue weighted by atomic mass is 10.1. The molecule has 1 aromatic rings. The van der Waals surface area contributed by atoms with Gasteiger partial charge in [-0.3, -0.25) is 0 Å². The van der Waals surface area contributed by atoms with Gasteiger partial charge in [0.1, 0.15) is 0 Å². The van der Waals surface area contributed by atoms with E-state index in [0.717, 1.165) is 31.8 Å². The molecule has 0 fully saturated rings. The van der Waals surface area contributed by atoms with E-state index in [-0.39, 0.29) is 11.1 Å². The fourth-order valence-electron chi connectivity index (χ4n) is 1.54. The largest absolute Gasteiger partial charge is 0.545 e. The molecule has 158 valence electrons. The van der Waals surface area contributed by atoms with E-state index in [0.29, 0.717) is 0 Å². The second-order valence-corrected chi connectivity index (χ2v) is 5.68. The lowest BCUT2D eigenvalue weighted by Gasteiger charge is -2.09. The number of quaternary nitrogens is 2. The average Bonchev–Trinajstić information content (AvgIpc) is 2.65. The molecule has 0 unspecified atom stereocenters. The van der Waals surface area contributed by atoms with E-state index in [2.05, 4.69) is 32.2 Å². The van der Waals surface area contributed by atoms with Gasteiger partial charge in [0.05, 0.1) is 25.0 Å². The maximum absolute atomic E-state index is 10.3. The lowest BCUT2D eigenvalue weighted by molar-refractivity contribution is -0.368. The van der Waals surface area contributed by atoms with E-state index in [1.54, 1.807) is 0 Å². The second-order valence-electron chi connectivity index (χ2n) is 5.68. The quantitative estimate of drug-likeness (QED) is 0.533. The van der Waals surface area contributed by atoms with E-state index in [9.17, 15) is 19.8 Å². The van der Waals surface area contributed by atoms with Crippen LogP contribution in [0, 0.1) is 0 Å². The molecule has 1 aromatic carbocycles. The summed E-state index contributed by atoms with van der Waals surface area (Å²) in [6, 6.07) is 5.14. The Morgan fingerprint density at radius 2 is 1.15 bits per heavy atom. The summed E-state index contributed by atoms with van der Waals surface area (Å²) in [5.74, 6) is -3.04. The minimum absolute atomic E-state index is 0.363. The zero-order valence-electron chi connectivity index (χ0n) is 17.3. The highest BCUT2D eigenvalue weighted by Crippen LogP contribution is 2.05. The van der Waals surface area contributed by atoms with E-state index in [1.807, 2.05) is 0 Å². The first-order valence-electron chi connectivity index (χ1n) is 9.67. The van der Waals surface area contributed by atoms with Gasteiger partial charge in [-0.2, -0.15) is 0 Å². The van der Waals surface area contributed by atoms with Crippen LogP contribution < -0.4 is 27.4 Å². The zero-order chi connectivity index (χ0) is 21.5. The SMILES string of the molecule is CCCCN.CCCC[NH3+].CCCC[NH3+].O=C([O-])c1ccccc1C(=O)[O-]. The summed E-state index contributed by atoms with van der Waals surface area (Å²) in [4.78, 5) is 20.6. The van der Waals surface area contributed by atoms with Crippen LogP contribution in [0.1, 0.15) is 80.0 Å². The summed E-state index contributed by atoms with van der Waals surface area (Å²) in [5.41, 5.74) is 11.8. The monoisotopic (exact) mass is 385 g/mol. The highest BCUT2D eigenvalue weighted by Gasteiger charge is 2.01. The van der Waals surface area contributed by atoms with Crippen molar-refractivity contribution in [2.24, 2.45) is 5.73 Å². The maximum Gasteiger partial charge on any atom is 0.0739 e. The molecule has 7 nitrogen and oxygen atoms in total. The number of carbonyl (C=O) groups excluding carboxylic acids is 2. The molecule has 0 radical (unpaired) electrons. The van der Waals surface area contributed by atoms with Crippen molar-refractivity contribution in [1.82, 2.24) is 0 Å². The van der Waals surface area contributed by atoms with Gasteiger partial charge < -0.3 is 37.0 Å². The highest BCUT2D eigenvalue weighted by atomic mass is 16.4. The number of carbonyl (C=O) groups is 2. The van der Waals surface area contributed by atoms with E-state index in [1.165, 1.54) is 50.7 Å². The minimum atomic E-state index is -1.52. The number of rotatable bonds is 8. The van der Waals surface area contributed by atoms with Crippen LogP contribution in [0.4, 0.5) is 0 Å². The Labute approximate surface area is 163 Å². The molecule has 0 saturated carbocycles. The van der Waals surface area contributed by atoms with Crippen LogP contribution in [0.3, 0.4) is 0 Å². The smallest absolute Gasteiger partial charge is 0.0739 e. The molecule has 1 rings (SSSR count). The van der Waals surface area contributed by atoms with Crippen LogP contribution in [0.5, 0.6) is 0 Å². The number of carboxylic acid groups (broad SMARTS) is 2. The summed E-state index contributed by atoms with van der Waals surface area (Å²) in [6.45, 7) is 9.51. The molecule has 0 bridgehead atoms. The van der Waals surface area contributed by atoms with Crippen LogP contribution in [0.2, 0.25) is 0 Å². The van der Waals surface area contributed by atoms with Crippen molar-refractivity contribution < 1.29 is 31.3 Å². The van der Waals surface area contributed by atoms with Crippen LogP contribution in [0.15, 0.2) is 24.3 Å². The second kappa shape index (κ2) is 24.0. The van der Waals surface area contributed by atoms with E-state index >= 15 is 0 Å². The first kappa shape index (κ1) is 29.8. The van der Waals surface area contributed by atoms with Crippen molar-refractivity contribution in [3.63, 3.8) is 0 Å². The standard InChI is InChI=1S/C8H6O4.3C4H11N/c9-7(10)5-3-1-2-4-6(5)8(11)12;3*1-2-3-4-5/h1-4H,(H,9,10)(H,11,12);3*2-5H2,1H3. The van der Waals surface area contributed by atoms with Gasteiger partial charge >= 0.3 is 0 Å². The van der Waals surface area contributed by atoms with Gasteiger partial charge in [0, 0.05) is 11.1 Å². The van der Waals surface area contributed by atoms with Crippen LogP contribution in [-0.2, 0) is 0 Å². The molecular weight excluding hydrogens is 346 g/mol.